The van der Waals surface area contributed by atoms with Gasteiger partial charge in [0.15, 0.2) is 0 Å². The number of ether oxygens (including phenoxy) is 1. The van der Waals surface area contributed by atoms with E-state index in [1.54, 1.807) is 0 Å². The highest BCUT2D eigenvalue weighted by Crippen LogP contribution is 2.36. The second-order valence-electron chi connectivity index (χ2n) is 8.83. The van der Waals surface area contributed by atoms with Crippen LogP contribution >= 0.6 is 0 Å². The van der Waals surface area contributed by atoms with Gasteiger partial charge in [0.05, 0.1) is 0 Å². The summed E-state index contributed by atoms with van der Waals surface area (Å²) < 4.78 is 6.09. The van der Waals surface area contributed by atoms with E-state index in [4.69, 9.17) is 4.74 Å². The summed E-state index contributed by atoms with van der Waals surface area (Å²) in [6.45, 7) is 3.60. The molecule has 0 radical (unpaired) electrons. The average molecular weight is 456 g/mol. The molecule has 0 saturated heterocycles. The van der Waals surface area contributed by atoms with Crippen LogP contribution in [0.15, 0.2) is 79.0 Å². The summed E-state index contributed by atoms with van der Waals surface area (Å²) in [6, 6.07) is 24.2. The number of hydrogen-bond acceptors (Lipinski definition) is 3. The summed E-state index contributed by atoms with van der Waals surface area (Å²) in [5, 5.41) is 4.25. The standard InChI is InChI=1S/C29H33N3O2/c1-4-21-10-9-15-25-27(20-31-29(21)25)26(19-28(33)30-16-17-32(2)3)22-11-8-14-24(18-22)34-23-12-6-5-7-13-23/h5-15,18,20,26,31H,4,16-17,19H2,1-3H3,(H,30,33). The number of para-hydroxylation sites is 2. The summed E-state index contributed by atoms with van der Waals surface area (Å²) in [6.07, 6.45) is 3.38. The lowest BCUT2D eigenvalue weighted by Crippen LogP contribution is -2.32. The van der Waals surface area contributed by atoms with Gasteiger partial charge in [-0.2, -0.15) is 0 Å². The summed E-state index contributed by atoms with van der Waals surface area (Å²) in [5.41, 5.74) is 4.61. The minimum atomic E-state index is -0.0977. The van der Waals surface area contributed by atoms with E-state index >= 15 is 0 Å². The smallest absolute Gasteiger partial charge is 0.220 e. The van der Waals surface area contributed by atoms with Crippen LogP contribution in [0.5, 0.6) is 11.5 Å². The Labute approximate surface area is 201 Å². The molecule has 1 atom stereocenters. The van der Waals surface area contributed by atoms with Gasteiger partial charge in [-0.25, -0.2) is 0 Å². The van der Waals surface area contributed by atoms with Gasteiger partial charge in [-0.05, 0) is 61.5 Å². The van der Waals surface area contributed by atoms with E-state index in [9.17, 15) is 4.79 Å². The predicted molar refractivity (Wildman–Crippen MR) is 139 cm³/mol. The van der Waals surface area contributed by atoms with Gasteiger partial charge in [0.2, 0.25) is 5.91 Å². The van der Waals surface area contributed by atoms with Gasteiger partial charge >= 0.3 is 0 Å². The van der Waals surface area contributed by atoms with Crippen LogP contribution in [0.4, 0.5) is 0 Å². The third-order valence-electron chi connectivity index (χ3n) is 6.10. The van der Waals surface area contributed by atoms with Crippen LogP contribution in [0.25, 0.3) is 10.9 Å². The number of nitrogens with one attached hydrogen (secondary N) is 2. The van der Waals surface area contributed by atoms with E-state index < -0.39 is 0 Å². The average Bonchev–Trinajstić information content (AvgIpc) is 3.27. The van der Waals surface area contributed by atoms with Crippen molar-refractivity contribution in [1.82, 2.24) is 15.2 Å². The van der Waals surface area contributed by atoms with Crippen LogP contribution in [-0.2, 0) is 11.2 Å². The Kier molecular flexibility index (Phi) is 7.65. The number of rotatable bonds is 10. The third kappa shape index (κ3) is 5.67. The molecule has 1 aromatic heterocycles. The molecule has 0 bridgehead atoms. The molecular formula is C29H33N3O2. The molecule has 0 aliphatic heterocycles. The minimum Gasteiger partial charge on any atom is -0.457 e. The molecule has 1 amide bonds. The lowest BCUT2D eigenvalue weighted by Gasteiger charge is -2.19. The molecule has 0 spiro atoms. The van der Waals surface area contributed by atoms with Crippen molar-refractivity contribution in [3.8, 4) is 11.5 Å². The molecule has 3 aromatic carbocycles. The van der Waals surface area contributed by atoms with E-state index in [-0.39, 0.29) is 11.8 Å². The lowest BCUT2D eigenvalue weighted by molar-refractivity contribution is -0.121. The Hall–Kier alpha value is -3.57. The first-order chi connectivity index (χ1) is 16.5. The van der Waals surface area contributed by atoms with Gasteiger partial charge in [-0.15, -0.1) is 0 Å². The number of aromatic amines is 1. The molecule has 1 heterocycles. The summed E-state index contributed by atoms with van der Waals surface area (Å²) in [5.74, 6) is 1.50. The van der Waals surface area contributed by atoms with Crippen LogP contribution in [-0.4, -0.2) is 43.0 Å². The van der Waals surface area contributed by atoms with Gasteiger partial charge < -0.3 is 19.9 Å². The van der Waals surface area contributed by atoms with Gasteiger partial charge in [0, 0.05) is 42.5 Å². The fourth-order valence-electron chi connectivity index (χ4n) is 4.33. The number of benzene rings is 3. The first-order valence-electron chi connectivity index (χ1n) is 11.9. The number of H-pyrrole nitrogens is 1. The first-order valence-corrected chi connectivity index (χ1v) is 11.9. The second kappa shape index (κ2) is 11.0. The van der Waals surface area contributed by atoms with Crippen LogP contribution in [0.3, 0.4) is 0 Å². The molecule has 0 aliphatic rings. The topological polar surface area (TPSA) is 57.4 Å². The normalized spacial score (nSPS) is 12.1. The Bertz CT molecular complexity index is 1230. The molecule has 1 unspecified atom stereocenters. The molecule has 4 aromatic rings. The minimum absolute atomic E-state index is 0.0437. The largest absolute Gasteiger partial charge is 0.457 e. The number of aryl methyl sites for hydroxylation is 1. The van der Waals surface area contributed by atoms with Crippen molar-refractivity contribution >= 4 is 16.8 Å². The zero-order chi connectivity index (χ0) is 23.9. The van der Waals surface area contributed by atoms with Crippen molar-refractivity contribution < 1.29 is 9.53 Å². The lowest BCUT2D eigenvalue weighted by atomic mass is 9.87. The maximum Gasteiger partial charge on any atom is 0.220 e. The number of aromatic nitrogens is 1. The van der Waals surface area contributed by atoms with Gasteiger partial charge in [-0.1, -0.05) is 55.5 Å². The van der Waals surface area contributed by atoms with Crippen LogP contribution in [0.1, 0.15) is 36.0 Å². The fourth-order valence-corrected chi connectivity index (χ4v) is 4.33. The second-order valence-corrected chi connectivity index (χ2v) is 8.83. The maximum atomic E-state index is 13.0. The molecule has 34 heavy (non-hydrogen) atoms. The van der Waals surface area contributed by atoms with E-state index in [0.717, 1.165) is 41.1 Å². The Morgan fingerprint density at radius 3 is 2.53 bits per heavy atom. The van der Waals surface area contributed by atoms with Crippen molar-refractivity contribution in [2.24, 2.45) is 0 Å². The number of likely N-dealkylation sites (N-methyl/N-ethyl adjacent to an activating group) is 1. The fraction of sp³-hybridized carbons (Fsp3) is 0.276. The van der Waals surface area contributed by atoms with E-state index in [1.165, 1.54) is 10.9 Å². The number of carbonyl (C=O) groups excluding carboxylic acids is 1. The van der Waals surface area contributed by atoms with Crippen molar-refractivity contribution in [3.05, 3.63) is 95.7 Å². The van der Waals surface area contributed by atoms with Crippen molar-refractivity contribution in [2.45, 2.75) is 25.7 Å². The molecule has 4 rings (SSSR count). The van der Waals surface area contributed by atoms with Gasteiger partial charge in [-0.3, -0.25) is 4.79 Å². The third-order valence-corrected chi connectivity index (χ3v) is 6.10. The van der Waals surface area contributed by atoms with Crippen LogP contribution < -0.4 is 10.1 Å². The molecule has 0 saturated carbocycles. The summed E-state index contributed by atoms with van der Waals surface area (Å²) in [7, 11) is 4.01. The Morgan fingerprint density at radius 2 is 1.76 bits per heavy atom. The maximum absolute atomic E-state index is 13.0. The van der Waals surface area contributed by atoms with E-state index in [2.05, 4.69) is 52.6 Å². The van der Waals surface area contributed by atoms with Crippen molar-refractivity contribution in [2.75, 3.05) is 27.2 Å². The number of hydrogen-bond donors (Lipinski definition) is 2. The highest BCUT2D eigenvalue weighted by molar-refractivity contribution is 5.88. The van der Waals surface area contributed by atoms with Gasteiger partial charge in [0.1, 0.15) is 11.5 Å². The highest BCUT2D eigenvalue weighted by atomic mass is 16.5. The molecular weight excluding hydrogens is 422 g/mol. The van der Waals surface area contributed by atoms with E-state index in [0.29, 0.717) is 13.0 Å². The predicted octanol–water partition coefficient (Wildman–Crippen LogP) is 5.72. The monoisotopic (exact) mass is 455 g/mol. The number of fused-ring (bicyclic) bond motifs is 1. The zero-order valence-corrected chi connectivity index (χ0v) is 20.2. The van der Waals surface area contributed by atoms with Crippen LogP contribution in [0, 0.1) is 0 Å². The van der Waals surface area contributed by atoms with Crippen molar-refractivity contribution in [1.29, 1.82) is 0 Å². The number of carbonyl (C=O) groups is 1. The molecule has 2 N–H and O–H groups in total. The van der Waals surface area contributed by atoms with E-state index in [1.807, 2.05) is 62.6 Å². The quantitative estimate of drug-likeness (QED) is 0.321. The zero-order valence-electron chi connectivity index (χ0n) is 20.2. The van der Waals surface area contributed by atoms with Crippen molar-refractivity contribution in [3.63, 3.8) is 0 Å². The molecule has 0 aliphatic carbocycles. The summed E-state index contributed by atoms with van der Waals surface area (Å²) in [4.78, 5) is 18.5. The number of amides is 1. The Balaban J connectivity index is 1.67. The summed E-state index contributed by atoms with van der Waals surface area (Å²) >= 11 is 0. The molecule has 5 nitrogen and oxygen atoms in total. The molecule has 0 fully saturated rings. The van der Waals surface area contributed by atoms with Crippen LogP contribution in [0.2, 0.25) is 0 Å². The first kappa shape index (κ1) is 23.6. The molecule has 5 heteroatoms. The highest BCUT2D eigenvalue weighted by Gasteiger charge is 2.22. The SMILES string of the molecule is CCc1cccc2c(C(CC(=O)NCCN(C)C)c3cccc(Oc4ccccc4)c3)c[nH]c12. The van der Waals surface area contributed by atoms with Gasteiger partial charge in [0.25, 0.3) is 0 Å². The molecule has 176 valence electrons. The Morgan fingerprint density at radius 1 is 1.00 bits per heavy atom. The number of nitrogens with zero attached hydrogens (tertiary/aromatic N) is 1.